The van der Waals surface area contributed by atoms with Gasteiger partial charge in [0.05, 0.1) is 24.7 Å². The van der Waals surface area contributed by atoms with Crippen LogP contribution < -0.4 is 0 Å². The number of hydrogen-bond acceptors (Lipinski definition) is 4. The van der Waals surface area contributed by atoms with Crippen molar-refractivity contribution in [3.05, 3.63) is 22.6 Å². The summed E-state index contributed by atoms with van der Waals surface area (Å²) >= 11 is 0. The Hall–Kier alpha value is -1.80. The van der Waals surface area contributed by atoms with E-state index < -0.39 is 0 Å². The van der Waals surface area contributed by atoms with Crippen molar-refractivity contribution in [3.63, 3.8) is 0 Å². The second-order valence-corrected chi connectivity index (χ2v) is 4.41. The van der Waals surface area contributed by atoms with E-state index >= 15 is 0 Å². The molecule has 0 spiro atoms. The van der Waals surface area contributed by atoms with Gasteiger partial charge in [-0.15, -0.1) is 0 Å². The summed E-state index contributed by atoms with van der Waals surface area (Å²) in [7, 11) is 1.59. The van der Waals surface area contributed by atoms with Crippen molar-refractivity contribution in [3.8, 4) is 6.07 Å². The van der Waals surface area contributed by atoms with Crippen molar-refractivity contribution < 1.29 is 13.9 Å². The molecule has 0 saturated carbocycles. The highest BCUT2D eigenvalue weighted by molar-refractivity contribution is 5.96. The van der Waals surface area contributed by atoms with E-state index in [1.165, 1.54) is 0 Å². The van der Waals surface area contributed by atoms with E-state index in [9.17, 15) is 4.79 Å². The van der Waals surface area contributed by atoms with E-state index in [0.717, 1.165) is 11.3 Å². The zero-order chi connectivity index (χ0) is 14.4. The molecule has 0 aromatic carbocycles. The molecule has 5 nitrogen and oxygen atoms in total. The van der Waals surface area contributed by atoms with Crippen LogP contribution in [0, 0.1) is 32.1 Å². The van der Waals surface area contributed by atoms with Crippen LogP contribution in [0.2, 0.25) is 0 Å². The predicted molar refractivity (Wildman–Crippen MR) is 70.9 cm³/mol. The minimum Gasteiger partial charge on any atom is -0.466 e. The molecule has 0 fully saturated rings. The molecule has 1 aromatic rings. The number of aryl methyl sites for hydroxylation is 2. The van der Waals surface area contributed by atoms with Gasteiger partial charge in [-0.3, -0.25) is 4.79 Å². The first-order valence-electron chi connectivity index (χ1n) is 6.24. The van der Waals surface area contributed by atoms with Crippen LogP contribution >= 0.6 is 0 Å². The maximum absolute atomic E-state index is 12.5. The van der Waals surface area contributed by atoms with Gasteiger partial charge in [0.25, 0.3) is 5.91 Å². The van der Waals surface area contributed by atoms with Crippen LogP contribution in [-0.2, 0) is 4.74 Å². The molecular formula is C14H20N2O3. The molecule has 1 rings (SSSR count). The fourth-order valence-corrected chi connectivity index (χ4v) is 1.97. The van der Waals surface area contributed by atoms with Crippen LogP contribution in [0.5, 0.6) is 0 Å². The van der Waals surface area contributed by atoms with Crippen molar-refractivity contribution in [1.82, 2.24) is 4.90 Å². The Labute approximate surface area is 113 Å². The minimum absolute atomic E-state index is 0.0980. The predicted octanol–water partition coefficient (Wildman–Crippen LogP) is 2.21. The van der Waals surface area contributed by atoms with Crippen molar-refractivity contribution in [2.75, 3.05) is 26.8 Å². The van der Waals surface area contributed by atoms with Crippen molar-refractivity contribution in [2.24, 2.45) is 0 Å². The van der Waals surface area contributed by atoms with Gasteiger partial charge in [-0.05, 0) is 20.8 Å². The Morgan fingerprint density at radius 2 is 2.00 bits per heavy atom. The number of amides is 1. The lowest BCUT2D eigenvalue weighted by atomic mass is 10.1. The molecular weight excluding hydrogens is 244 g/mol. The van der Waals surface area contributed by atoms with Gasteiger partial charge in [-0.2, -0.15) is 5.26 Å². The summed E-state index contributed by atoms with van der Waals surface area (Å²) in [4.78, 5) is 14.1. The molecule has 0 saturated heterocycles. The Morgan fingerprint density at radius 1 is 1.32 bits per heavy atom. The summed E-state index contributed by atoms with van der Waals surface area (Å²) in [5.41, 5.74) is 1.47. The number of rotatable bonds is 6. The van der Waals surface area contributed by atoms with Crippen LogP contribution in [0.25, 0.3) is 0 Å². The Balaban J connectivity index is 2.94. The summed E-state index contributed by atoms with van der Waals surface area (Å²) in [5.74, 6) is 1.28. The van der Waals surface area contributed by atoms with Crippen molar-refractivity contribution in [1.29, 1.82) is 5.26 Å². The Bertz CT molecular complexity index is 486. The smallest absolute Gasteiger partial charge is 0.257 e. The number of furan rings is 1. The highest BCUT2D eigenvalue weighted by Crippen LogP contribution is 2.22. The standard InChI is InChI=1S/C14H20N2O3/c1-10-11(2)19-12(3)13(10)14(17)16(7-5-6-15)8-9-18-4/h5,7-9H2,1-4H3. The van der Waals surface area contributed by atoms with Crippen LogP contribution in [-0.4, -0.2) is 37.6 Å². The molecule has 0 aliphatic rings. The van der Waals surface area contributed by atoms with E-state index in [-0.39, 0.29) is 5.91 Å². The molecule has 1 heterocycles. The second-order valence-electron chi connectivity index (χ2n) is 4.41. The molecule has 5 heteroatoms. The zero-order valence-electron chi connectivity index (χ0n) is 11.9. The maximum atomic E-state index is 12.5. The number of hydrogen-bond donors (Lipinski definition) is 0. The van der Waals surface area contributed by atoms with E-state index in [4.69, 9.17) is 14.4 Å². The average Bonchev–Trinajstić information content (AvgIpc) is 2.63. The van der Waals surface area contributed by atoms with Crippen molar-refractivity contribution in [2.45, 2.75) is 27.2 Å². The SMILES string of the molecule is COCCN(CCC#N)C(=O)c1c(C)oc(C)c1C. The zero-order valence-corrected chi connectivity index (χ0v) is 11.9. The fraction of sp³-hybridized carbons (Fsp3) is 0.571. The monoisotopic (exact) mass is 264 g/mol. The van der Waals surface area contributed by atoms with Gasteiger partial charge in [0, 0.05) is 25.8 Å². The molecule has 0 bridgehead atoms. The molecule has 0 radical (unpaired) electrons. The lowest BCUT2D eigenvalue weighted by Gasteiger charge is -2.21. The molecule has 104 valence electrons. The van der Waals surface area contributed by atoms with Crippen LogP contribution in [0.4, 0.5) is 0 Å². The summed E-state index contributed by atoms with van der Waals surface area (Å²) in [5, 5.41) is 8.67. The number of nitriles is 1. The summed E-state index contributed by atoms with van der Waals surface area (Å²) in [6, 6.07) is 2.06. The molecule has 0 aliphatic heterocycles. The first-order chi connectivity index (χ1) is 9.02. The van der Waals surface area contributed by atoms with Gasteiger partial charge in [0.2, 0.25) is 0 Å². The van der Waals surface area contributed by atoms with Crippen LogP contribution in [0.3, 0.4) is 0 Å². The quantitative estimate of drug-likeness (QED) is 0.790. The molecule has 0 atom stereocenters. The third-order valence-corrected chi connectivity index (χ3v) is 3.12. The van der Waals surface area contributed by atoms with Gasteiger partial charge >= 0.3 is 0 Å². The van der Waals surface area contributed by atoms with E-state index in [2.05, 4.69) is 6.07 Å². The molecule has 19 heavy (non-hydrogen) atoms. The Kier molecular flexibility index (Phi) is 5.58. The fourth-order valence-electron chi connectivity index (χ4n) is 1.97. The van der Waals surface area contributed by atoms with Gasteiger partial charge in [-0.25, -0.2) is 0 Å². The van der Waals surface area contributed by atoms with E-state index in [0.29, 0.717) is 37.4 Å². The summed E-state index contributed by atoms with van der Waals surface area (Å²) in [6.07, 6.45) is 0.310. The first kappa shape index (κ1) is 15.3. The lowest BCUT2D eigenvalue weighted by Crippen LogP contribution is -2.35. The topological polar surface area (TPSA) is 66.5 Å². The molecule has 0 N–H and O–H groups in total. The highest BCUT2D eigenvalue weighted by atomic mass is 16.5. The second kappa shape index (κ2) is 6.95. The van der Waals surface area contributed by atoms with E-state index in [1.54, 1.807) is 18.9 Å². The normalized spacial score (nSPS) is 10.3. The number of carbonyl (C=O) groups excluding carboxylic acids is 1. The number of ether oxygens (including phenoxy) is 1. The van der Waals surface area contributed by atoms with Crippen LogP contribution in [0.1, 0.15) is 33.9 Å². The number of carbonyl (C=O) groups is 1. The number of nitrogens with zero attached hydrogens (tertiary/aromatic N) is 2. The third kappa shape index (κ3) is 3.58. The van der Waals surface area contributed by atoms with Crippen molar-refractivity contribution >= 4 is 5.91 Å². The molecule has 0 aliphatic carbocycles. The van der Waals surface area contributed by atoms with Gasteiger partial charge in [0.1, 0.15) is 11.5 Å². The van der Waals surface area contributed by atoms with Crippen LogP contribution in [0.15, 0.2) is 4.42 Å². The summed E-state index contributed by atoms with van der Waals surface area (Å²) in [6.45, 7) is 6.83. The van der Waals surface area contributed by atoms with Gasteiger partial charge in [0.15, 0.2) is 0 Å². The lowest BCUT2D eigenvalue weighted by molar-refractivity contribution is 0.0697. The average molecular weight is 264 g/mol. The third-order valence-electron chi connectivity index (χ3n) is 3.12. The molecule has 1 amide bonds. The van der Waals surface area contributed by atoms with Gasteiger partial charge < -0.3 is 14.1 Å². The first-order valence-corrected chi connectivity index (χ1v) is 6.24. The Morgan fingerprint density at radius 3 is 2.47 bits per heavy atom. The largest absolute Gasteiger partial charge is 0.466 e. The van der Waals surface area contributed by atoms with Gasteiger partial charge in [-0.1, -0.05) is 0 Å². The number of methoxy groups -OCH3 is 1. The molecule has 1 aromatic heterocycles. The maximum Gasteiger partial charge on any atom is 0.257 e. The van der Waals surface area contributed by atoms with E-state index in [1.807, 2.05) is 13.8 Å². The minimum atomic E-state index is -0.0980. The molecule has 0 unspecified atom stereocenters. The summed E-state index contributed by atoms with van der Waals surface area (Å²) < 4.78 is 10.5. The highest BCUT2D eigenvalue weighted by Gasteiger charge is 2.23.